The quantitative estimate of drug-likeness (QED) is 0.115. The molecule has 0 radical (unpaired) electrons. The fourth-order valence-electron chi connectivity index (χ4n) is 13.1. The van der Waals surface area contributed by atoms with Gasteiger partial charge in [-0.05, 0) is 133 Å². The number of carbonyl (C=O) groups is 4. The van der Waals surface area contributed by atoms with Crippen molar-refractivity contribution >= 4 is 24.0 Å². The standard InChI is InChI=1S/C52H66N8O6/c1-28(2)44(57-50(63)65-5)48(61)59-21-9-11-40(59)46-53-26-38(55-46)33-16-15-32(36-24-52(25-37(33)36)19-7-8-20-52)34-17-18-35(43-31-14-13-30(23-31)42(34)43)39-27-54-47(56-39)41-12-10-22-60(41)49(62)45(29(3)4)58-51(64)66-6/h15-18,26-31,40-41,44-45H,7-14,19-25H2,1-6H3,(H,53,55)(H,54,56)(H,57,63)(H,58,64)/t30?,31?,40-,41-,44-,45-/m0/s1. The Kier molecular flexibility index (Phi) is 11.7. The first-order chi connectivity index (χ1) is 31.9. The maximum Gasteiger partial charge on any atom is 0.407 e. The Balaban J connectivity index is 0.969. The van der Waals surface area contributed by atoms with Crippen LogP contribution in [0.1, 0.15) is 156 Å². The summed E-state index contributed by atoms with van der Waals surface area (Å²) in [6, 6.07) is 7.63. The predicted molar refractivity (Wildman–Crippen MR) is 250 cm³/mol. The van der Waals surface area contributed by atoms with E-state index in [2.05, 4.69) is 44.9 Å². The number of carbonyl (C=O) groups excluding carboxylic acids is 4. The van der Waals surface area contributed by atoms with Crippen molar-refractivity contribution in [2.24, 2.45) is 17.3 Å². The molecule has 2 aromatic carbocycles. The number of imidazole rings is 2. The molecule has 2 saturated heterocycles. The maximum atomic E-state index is 13.9. The number of amides is 4. The summed E-state index contributed by atoms with van der Waals surface area (Å²) in [6.45, 7) is 8.97. The number of aromatic nitrogens is 4. The third-order valence-corrected chi connectivity index (χ3v) is 16.3. The summed E-state index contributed by atoms with van der Waals surface area (Å²) < 4.78 is 9.71. The number of H-pyrrole nitrogens is 2. The van der Waals surface area contributed by atoms with Crippen molar-refractivity contribution in [1.29, 1.82) is 0 Å². The molecular weight excluding hydrogens is 833 g/mol. The molecule has 4 fully saturated rings. The summed E-state index contributed by atoms with van der Waals surface area (Å²) in [6.07, 6.45) is 16.8. The van der Waals surface area contributed by atoms with Gasteiger partial charge in [-0.1, -0.05) is 64.8 Å². The second-order valence-electron chi connectivity index (χ2n) is 20.8. The molecule has 350 valence electrons. The number of methoxy groups -OCH3 is 2. The molecule has 2 bridgehead atoms. The molecule has 4 aromatic rings. The second kappa shape index (κ2) is 17.5. The molecule has 4 heterocycles. The summed E-state index contributed by atoms with van der Waals surface area (Å²) in [7, 11) is 2.63. The monoisotopic (exact) mass is 899 g/mol. The SMILES string of the molecule is COC(=O)N[C@H](C(=O)N1CCC[C@H]1c1ncc(-c2ccc(-c3ccc(-c4cnc([C@@H]5CCCN5C(=O)[C@@H](NC(=O)OC)C(C)C)[nH]4)c4c3C3CCC4C3)c3c2CC2(CCCC2)C3)[nH]1)C(C)C. The van der Waals surface area contributed by atoms with Crippen molar-refractivity contribution in [3.8, 4) is 33.6 Å². The first-order valence-corrected chi connectivity index (χ1v) is 24.6. The van der Waals surface area contributed by atoms with E-state index >= 15 is 0 Å². The van der Waals surface area contributed by atoms with E-state index < -0.39 is 24.3 Å². The van der Waals surface area contributed by atoms with Gasteiger partial charge in [0, 0.05) is 24.2 Å². The highest BCUT2D eigenvalue weighted by Gasteiger charge is 2.45. The molecule has 4 amide bonds. The highest BCUT2D eigenvalue weighted by Crippen LogP contribution is 2.60. The Bertz CT molecular complexity index is 2540. The number of likely N-dealkylation sites (tertiary alicyclic amines) is 2. The van der Waals surface area contributed by atoms with Crippen LogP contribution in [0.4, 0.5) is 9.59 Å². The summed E-state index contributed by atoms with van der Waals surface area (Å²) in [4.78, 5) is 73.3. The van der Waals surface area contributed by atoms with E-state index in [1.807, 2.05) is 49.9 Å². The number of nitrogens with zero attached hydrogens (tertiary/aromatic N) is 4. The van der Waals surface area contributed by atoms with Crippen molar-refractivity contribution in [3.05, 3.63) is 70.6 Å². The van der Waals surface area contributed by atoms with Gasteiger partial charge < -0.3 is 39.9 Å². The Hall–Kier alpha value is -5.66. The minimum absolute atomic E-state index is 0.101. The Labute approximate surface area is 387 Å². The van der Waals surface area contributed by atoms with Crippen LogP contribution in [0.15, 0.2) is 36.7 Å². The summed E-state index contributed by atoms with van der Waals surface area (Å²) in [5.41, 5.74) is 13.3. The van der Waals surface area contributed by atoms with E-state index in [4.69, 9.17) is 19.4 Å². The first kappa shape index (κ1) is 44.2. The van der Waals surface area contributed by atoms with Gasteiger partial charge in [-0.2, -0.15) is 0 Å². The molecule has 1 spiro atoms. The Morgan fingerprint density at radius 2 is 1.09 bits per heavy atom. The Morgan fingerprint density at radius 3 is 1.61 bits per heavy atom. The number of nitrogens with one attached hydrogen (secondary N) is 4. The molecule has 10 rings (SSSR count). The molecule has 2 aromatic heterocycles. The van der Waals surface area contributed by atoms with Crippen molar-refractivity contribution < 1.29 is 28.7 Å². The lowest BCUT2D eigenvalue weighted by atomic mass is 9.80. The van der Waals surface area contributed by atoms with Crippen LogP contribution in [0.3, 0.4) is 0 Å². The smallest absolute Gasteiger partial charge is 0.407 e. The molecule has 6 atom stereocenters. The minimum atomic E-state index is -0.685. The molecule has 2 saturated carbocycles. The fraction of sp³-hybridized carbons (Fsp3) is 0.577. The molecular formula is C52H66N8O6. The average Bonchev–Trinajstić information content (AvgIpc) is 4.17. The minimum Gasteiger partial charge on any atom is -0.453 e. The largest absolute Gasteiger partial charge is 0.453 e. The first-order valence-electron chi connectivity index (χ1n) is 24.6. The lowest BCUT2D eigenvalue weighted by Crippen LogP contribution is -2.51. The van der Waals surface area contributed by atoms with Crippen LogP contribution in [0.2, 0.25) is 0 Å². The van der Waals surface area contributed by atoms with Crippen molar-refractivity contribution in [3.63, 3.8) is 0 Å². The molecule has 4 aliphatic carbocycles. The van der Waals surface area contributed by atoms with Crippen molar-refractivity contribution in [1.82, 2.24) is 40.4 Å². The predicted octanol–water partition coefficient (Wildman–Crippen LogP) is 9.25. The zero-order valence-electron chi connectivity index (χ0n) is 39.4. The van der Waals surface area contributed by atoms with Gasteiger partial charge in [-0.15, -0.1) is 0 Å². The number of alkyl carbamates (subject to hydrolysis) is 2. The van der Waals surface area contributed by atoms with Crippen LogP contribution < -0.4 is 10.6 Å². The van der Waals surface area contributed by atoms with Gasteiger partial charge in [0.1, 0.15) is 23.7 Å². The van der Waals surface area contributed by atoms with E-state index in [1.165, 1.54) is 104 Å². The van der Waals surface area contributed by atoms with Crippen LogP contribution in [0.25, 0.3) is 33.6 Å². The third-order valence-electron chi connectivity index (χ3n) is 16.3. The Morgan fingerprint density at radius 1 is 0.636 bits per heavy atom. The highest BCUT2D eigenvalue weighted by atomic mass is 16.5. The molecule has 66 heavy (non-hydrogen) atoms. The van der Waals surface area contributed by atoms with Gasteiger partial charge in [-0.3, -0.25) is 9.59 Å². The number of rotatable bonds is 11. The molecule has 14 nitrogen and oxygen atoms in total. The van der Waals surface area contributed by atoms with Crippen LogP contribution in [0, 0.1) is 17.3 Å². The van der Waals surface area contributed by atoms with Gasteiger partial charge in [0.25, 0.3) is 0 Å². The molecule has 2 unspecified atom stereocenters. The third kappa shape index (κ3) is 7.65. The summed E-state index contributed by atoms with van der Waals surface area (Å²) >= 11 is 0. The summed E-state index contributed by atoms with van der Waals surface area (Å²) in [5.74, 6) is 2.17. The lowest BCUT2D eigenvalue weighted by Gasteiger charge is -2.30. The number of ether oxygens (including phenoxy) is 2. The van der Waals surface area contributed by atoms with Crippen LogP contribution in [-0.4, -0.2) is 93.1 Å². The van der Waals surface area contributed by atoms with Gasteiger partial charge in [0.05, 0.1) is 50.1 Å². The lowest BCUT2D eigenvalue weighted by molar-refractivity contribution is -0.136. The van der Waals surface area contributed by atoms with Gasteiger partial charge in [0.15, 0.2) is 0 Å². The van der Waals surface area contributed by atoms with Gasteiger partial charge >= 0.3 is 12.2 Å². The molecule has 14 heteroatoms. The van der Waals surface area contributed by atoms with Crippen LogP contribution in [0.5, 0.6) is 0 Å². The maximum absolute atomic E-state index is 13.9. The van der Waals surface area contributed by atoms with Gasteiger partial charge in [0.2, 0.25) is 11.8 Å². The molecule has 6 aliphatic rings. The van der Waals surface area contributed by atoms with E-state index in [0.29, 0.717) is 24.9 Å². The van der Waals surface area contributed by atoms with Gasteiger partial charge in [-0.25, -0.2) is 19.6 Å². The van der Waals surface area contributed by atoms with Crippen molar-refractivity contribution in [2.75, 3.05) is 27.3 Å². The fourth-order valence-corrected chi connectivity index (χ4v) is 13.1. The zero-order chi connectivity index (χ0) is 46.0. The average molecular weight is 899 g/mol. The topological polar surface area (TPSA) is 175 Å². The normalized spacial score (nSPS) is 23.5. The number of fused-ring (bicyclic) bond motifs is 6. The van der Waals surface area contributed by atoms with Crippen LogP contribution >= 0.6 is 0 Å². The molecule has 4 N–H and O–H groups in total. The van der Waals surface area contributed by atoms with E-state index in [9.17, 15) is 19.2 Å². The number of hydrogen-bond acceptors (Lipinski definition) is 8. The van der Waals surface area contributed by atoms with Crippen molar-refractivity contribution in [2.45, 2.75) is 147 Å². The number of aromatic amines is 2. The number of benzene rings is 2. The van der Waals surface area contributed by atoms with Crippen LogP contribution in [-0.2, 0) is 31.9 Å². The molecule has 2 aliphatic heterocycles. The zero-order valence-corrected chi connectivity index (χ0v) is 39.4. The second-order valence-corrected chi connectivity index (χ2v) is 20.8. The summed E-state index contributed by atoms with van der Waals surface area (Å²) in [5, 5.41) is 5.53. The number of hydrogen-bond donors (Lipinski definition) is 4. The van der Waals surface area contributed by atoms with E-state index in [1.54, 1.807) is 0 Å². The van der Waals surface area contributed by atoms with E-state index in [0.717, 1.165) is 61.6 Å². The highest BCUT2D eigenvalue weighted by molar-refractivity contribution is 5.88. The van der Waals surface area contributed by atoms with E-state index in [-0.39, 0.29) is 41.1 Å².